The number of fused-ring (bicyclic) bond motifs is 1. The minimum atomic E-state index is -0.311. The fraction of sp³-hybridized carbons (Fsp3) is 0.583. The van der Waals surface area contributed by atoms with E-state index in [1.807, 2.05) is 13.2 Å². The number of likely N-dealkylation sites (tertiary alicyclic amines) is 1. The number of nitrogens with zero attached hydrogens (tertiary/aromatic N) is 1. The van der Waals surface area contributed by atoms with Crippen molar-refractivity contribution in [2.45, 2.75) is 88.7 Å². The van der Waals surface area contributed by atoms with Crippen LogP contribution in [-0.4, -0.2) is 62.4 Å². The molecule has 1 aliphatic carbocycles. The zero-order chi connectivity index (χ0) is 29.3. The predicted octanol–water partition coefficient (Wildman–Crippen LogP) is 6.85. The lowest BCUT2D eigenvalue weighted by atomic mass is 9.54. The average molecular weight is 562 g/mol. The third-order valence-corrected chi connectivity index (χ3v) is 9.83. The lowest BCUT2D eigenvalue weighted by Crippen LogP contribution is -2.73. The maximum absolute atomic E-state index is 13.1. The van der Waals surface area contributed by atoms with Gasteiger partial charge in [0.1, 0.15) is 17.9 Å². The molecule has 4 atom stereocenters. The number of carbonyl (C=O) groups is 1. The van der Waals surface area contributed by atoms with Gasteiger partial charge in [0, 0.05) is 37.3 Å². The van der Waals surface area contributed by atoms with Crippen molar-refractivity contribution in [3.8, 4) is 5.75 Å². The number of aryl methyl sites for hydroxylation is 1. The van der Waals surface area contributed by atoms with Crippen LogP contribution >= 0.6 is 0 Å². The Morgan fingerprint density at radius 2 is 1.90 bits per heavy atom. The number of benzene rings is 2. The molecule has 1 saturated heterocycles. The van der Waals surface area contributed by atoms with Crippen molar-refractivity contribution in [2.75, 3.05) is 40.4 Å². The van der Waals surface area contributed by atoms with Crippen molar-refractivity contribution < 1.29 is 18.8 Å². The number of rotatable bonds is 14. The summed E-state index contributed by atoms with van der Waals surface area (Å²) in [6.07, 6.45) is 10.7. The molecule has 0 spiro atoms. The first kappa shape index (κ1) is 31.3. The van der Waals surface area contributed by atoms with Gasteiger partial charge in [0.15, 0.2) is 0 Å². The SMILES string of the molecule is C=CC[N@@+]1(CC(C)C)CC[C@]2(c3cccc(OC)c3)C[C@@H](NC(=O)CCCCCc3ccccc3)CCC2(OC)C1. The molecule has 2 aliphatic rings. The second-order valence-corrected chi connectivity index (χ2v) is 13.1. The molecular formula is C36H53N2O3+. The number of ether oxygens (including phenoxy) is 2. The van der Waals surface area contributed by atoms with E-state index in [0.717, 1.165) is 87.8 Å². The van der Waals surface area contributed by atoms with E-state index < -0.39 is 0 Å². The molecule has 2 fully saturated rings. The number of unbranched alkanes of at least 4 members (excludes halogenated alkanes) is 2. The molecular weight excluding hydrogens is 508 g/mol. The zero-order valence-electron chi connectivity index (χ0n) is 26.0. The van der Waals surface area contributed by atoms with Gasteiger partial charge in [0.25, 0.3) is 0 Å². The van der Waals surface area contributed by atoms with Gasteiger partial charge >= 0.3 is 0 Å². The summed E-state index contributed by atoms with van der Waals surface area (Å²) >= 11 is 0. The first-order chi connectivity index (χ1) is 19.8. The van der Waals surface area contributed by atoms with Crippen molar-refractivity contribution >= 4 is 5.91 Å². The monoisotopic (exact) mass is 561 g/mol. The second kappa shape index (κ2) is 14.0. The fourth-order valence-electron chi connectivity index (χ4n) is 8.07. The van der Waals surface area contributed by atoms with Gasteiger partial charge in [-0.25, -0.2) is 0 Å². The number of carbonyl (C=O) groups excluding carboxylic acids is 1. The van der Waals surface area contributed by atoms with Crippen molar-refractivity contribution in [2.24, 2.45) is 5.92 Å². The molecule has 2 aromatic carbocycles. The van der Waals surface area contributed by atoms with E-state index in [1.165, 1.54) is 11.1 Å². The summed E-state index contributed by atoms with van der Waals surface area (Å²) in [6, 6.07) is 19.4. The maximum atomic E-state index is 13.1. The van der Waals surface area contributed by atoms with Gasteiger partial charge in [-0.05, 0) is 67.9 Å². The lowest BCUT2D eigenvalue weighted by Gasteiger charge is -2.62. The zero-order valence-corrected chi connectivity index (χ0v) is 26.0. The van der Waals surface area contributed by atoms with Crippen molar-refractivity contribution in [1.82, 2.24) is 5.32 Å². The van der Waals surface area contributed by atoms with Crippen LogP contribution in [0.3, 0.4) is 0 Å². The molecule has 4 rings (SSSR count). The van der Waals surface area contributed by atoms with Gasteiger partial charge < -0.3 is 19.3 Å². The van der Waals surface area contributed by atoms with Crippen molar-refractivity contribution in [1.29, 1.82) is 0 Å². The largest absolute Gasteiger partial charge is 0.497 e. The highest BCUT2D eigenvalue weighted by Crippen LogP contribution is 2.55. The molecule has 1 unspecified atom stereocenters. The van der Waals surface area contributed by atoms with Crippen LogP contribution in [-0.2, 0) is 21.4 Å². The van der Waals surface area contributed by atoms with Gasteiger partial charge in [0.05, 0.1) is 26.7 Å². The summed E-state index contributed by atoms with van der Waals surface area (Å²) in [7, 11) is 3.65. The summed E-state index contributed by atoms with van der Waals surface area (Å²) in [5.41, 5.74) is 2.15. The molecule has 1 N–H and O–H groups in total. The summed E-state index contributed by atoms with van der Waals surface area (Å²) in [5, 5.41) is 3.46. The van der Waals surface area contributed by atoms with Crippen molar-refractivity contribution in [3.05, 3.63) is 78.4 Å². The number of hydrogen-bond acceptors (Lipinski definition) is 3. The number of quaternary nitrogens is 1. The number of piperidine rings is 1. The number of hydrogen-bond donors (Lipinski definition) is 1. The van der Waals surface area contributed by atoms with E-state index in [-0.39, 0.29) is 23.0 Å². The Kier molecular flexibility index (Phi) is 10.7. The second-order valence-electron chi connectivity index (χ2n) is 13.1. The van der Waals surface area contributed by atoms with Crippen molar-refractivity contribution in [3.63, 3.8) is 0 Å². The van der Waals surface area contributed by atoms with E-state index in [4.69, 9.17) is 9.47 Å². The molecule has 1 heterocycles. The Balaban J connectivity index is 1.49. The average Bonchev–Trinajstić information content (AvgIpc) is 2.97. The van der Waals surface area contributed by atoms with Crippen LogP contribution in [0.2, 0.25) is 0 Å². The maximum Gasteiger partial charge on any atom is 0.220 e. The van der Waals surface area contributed by atoms with Gasteiger partial charge in [-0.15, -0.1) is 0 Å². The predicted molar refractivity (Wildman–Crippen MR) is 168 cm³/mol. The summed E-state index contributed by atoms with van der Waals surface area (Å²) in [6.45, 7) is 12.9. The van der Waals surface area contributed by atoms with Crippen LogP contribution in [0.15, 0.2) is 67.3 Å². The third kappa shape index (κ3) is 7.24. The minimum absolute atomic E-state index is 0.144. The van der Waals surface area contributed by atoms with E-state index in [9.17, 15) is 4.79 Å². The Hall–Kier alpha value is -2.63. The van der Waals surface area contributed by atoms with E-state index in [0.29, 0.717) is 12.3 Å². The molecule has 0 radical (unpaired) electrons. The highest BCUT2D eigenvalue weighted by Gasteiger charge is 2.63. The number of methoxy groups -OCH3 is 2. The van der Waals surface area contributed by atoms with Crippen LogP contribution in [0.5, 0.6) is 5.75 Å². The van der Waals surface area contributed by atoms with Crippen LogP contribution in [0.4, 0.5) is 0 Å². The smallest absolute Gasteiger partial charge is 0.220 e. The Morgan fingerprint density at radius 3 is 2.61 bits per heavy atom. The van der Waals surface area contributed by atoms with E-state index in [1.54, 1.807) is 7.11 Å². The van der Waals surface area contributed by atoms with Gasteiger partial charge in [-0.1, -0.05) is 69.3 Å². The first-order valence-corrected chi connectivity index (χ1v) is 15.8. The molecule has 1 saturated carbocycles. The Morgan fingerprint density at radius 1 is 1.10 bits per heavy atom. The third-order valence-electron chi connectivity index (χ3n) is 9.83. The van der Waals surface area contributed by atoms with Gasteiger partial charge in [-0.3, -0.25) is 4.79 Å². The molecule has 41 heavy (non-hydrogen) atoms. The summed E-state index contributed by atoms with van der Waals surface area (Å²) in [4.78, 5) is 13.1. The Bertz CT molecular complexity index is 1130. The summed E-state index contributed by atoms with van der Waals surface area (Å²) < 4.78 is 13.4. The highest BCUT2D eigenvalue weighted by molar-refractivity contribution is 5.76. The molecule has 0 aromatic heterocycles. The number of amides is 1. The first-order valence-electron chi connectivity index (χ1n) is 15.8. The van der Waals surface area contributed by atoms with Gasteiger partial charge in [-0.2, -0.15) is 0 Å². The quantitative estimate of drug-likeness (QED) is 0.156. The lowest BCUT2D eigenvalue weighted by molar-refractivity contribution is -0.938. The molecule has 0 bridgehead atoms. The van der Waals surface area contributed by atoms with Crippen LogP contribution < -0.4 is 10.1 Å². The fourth-order valence-corrected chi connectivity index (χ4v) is 8.07. The van der Waals surface area contributed by atoms with E-state index >= 15 is 0 Å². The minimum Gasteiger partial charge on any atom is -0.497 e. The normalized spacial score (nSPS) is 27.7. The van der Waals surface area contributed by atoms with Gasteiger partial charge in [0.2, 0.25) is 5.91 Å². The standard InChI is InChI=1S/C36H52N2O3/c1-6-23-38(27-29(2)3)24-22-35(31-17-13-18-33(25-31)40-4)26-32(20-21-36(35,28-38)41-5)37-34(39)19-12-8-11-16-30-14-9-7-10-15-30/h6-7,9-10,13-15,17-18,25,29,32H,1,8,11-12,16,19-24,26-28H2,2-5H3/p+1/t32-,35+,36?,38-/m0/s1. The molecule has 5 nitrogen and oxygen atoms in total. The van der Waals surface area contributed by atoms with Crippen LogP contribution in [0.1, 0.15) is 76.3 Å². The molecule has 1 aliphatic heterocycles. The molecule has 1 amide bonds. The molecule has 224 valence electrons. The van der Waals surface area contributed by atoms with Crippen LogP contribution in [0, 0.1) is 5.92 Å². The molecule has 5 heteroatoms. The number of nitrogens with one attached hydrogen (secondary N) is 1. The Labute approximate surface area is 248 Å². The topological polar surface area (TPSA) is 47.6 Å². The van der Waals surface area contributed by atoms with Crippen LogP contribution in [0.25, 0.3) is 0 Å². The van der Waals surface area contributed by atoms with E-state index in [2.05, 4.69) is 80.4 Å². The summed E-state index contributed by atoms with van der Waals surface area (Å²) in [5.74, 6) is 1.66. The molecule has 2 aromatic rings. The highest BCUT2D eigenvalue weighted by atomic mass is 16.5.